The van der Waals surface area contributed by atoms with E-state index in [1.807, 2.05) is 0 Å². The Hall–Kier alpha value is -2.24. The number of rotatable bonds is 2. The van der Waals surface area contributed by atoms with Gasteiger partial charge in [-0.25, -0.2) is 4.98 Å². The number of benzene rings is 1. The van der Waals surface area contributed by atoms with Crippen LogP contribution in [0.2, 0.25) is 0 Å². The smallest absolute Gasteiger partial charge is 0.396 e. The van der Waals surface area contributed by atoms with Crippen LogP contribution in [0, 0.1) is 13.8 Å². The standard InChI is InChI=1S/C14H14F3N3/c1-8-3-5-10(7-11(8)14(15,16)17)20-13-12(18)6-4-9(2)19-13/h3-7H,18H2,1-2H3,(H,19,20). The molecule has 0 saturated carbocycles. The van der Waals surface area contributed by atoms with Crippen molar-refractivity contribution in [3.05, 3.63) is 47.2 Å². The number of nitrogens with zero attached hydrogens (tertiary/aromatic N) is 1. The molecule has 0 unspecified atom stereocenters. The largest absolute Gasteiger partial charge is 0.416 e. The maximum Gasteiger partial charge on any atom is 0.416 e. The molecule has 20 heavy (non-hydrogen) atoms. The Morgan fingerprint density at radius 3 is 2.45 bits per heavy atom. The van der Waals surface area contributed by atoms with Crippen molar-refractivity contribution in [1.82, 2.24) is 4.98 Å². The van der Waals surface area contributed by atoms with Crippen LogP contribution in [0.3, 0.4) is 0 Å². The number of hydrogen-bond acceptors (Lipinski definition) is 3. The highest BCUT2D eigenvalue weighted by Gasteiger charge is 2.32. The van der Waals surface area contributed by atoms with E-state index >= 15 is 0 Å². The van der Waals surface area contributed by atoms with E-state index in [-0.39, 0.29) is 5.56 Å². The summed E-state index contributed by atoms with van der Waals surface area (Å²) in [5.41, 5.74) is 6.65. The molecule has 0 spiro atoms. The molecular weight excluding hydrogens is 267 g/mol. The van der Waals surface area contributed by atoms with Crippen LogP contribution >= 0.6 is 0 Å². The van der Waals surface area contributed by atoms with Crippen LogP contribution < -0.4 is 11.1 Å². The predicted molar refractivity (Wildman–Crippen MR) is 72.9 cm³/mol. The summed E-state index contributed by atoms with van der Waals surface area (Å²) < 4.78 is 38.5. The van der Waals surface area contributed by atoms with Gasteiger partial charge >= 0.3 is 6.18 Å². The molecule has 106 valence electrons. The van der Waals surface area contributed by atoms with Gasteiger partial charge in [0.25, 0.3) is 0 Å². The Bertz CT molecular complexity index is 636. The zero-order chi connectivity index (χ0) is 14.9. The molecule has 1 aromatic carbocycles. The van der Waals surface area contributed by atoms with E-state index in [1.54, 1.807) is 25.1 Å². The lowest BCUT2D eigenvalue weighted by Crippen LogP contribution is -2.08. The molecule has 3 N–H and O–H groups in total. The van der Waals surface area contributed by atoms with Gasteiger partial charge in [0.2, 0.25) is 0 Å². The Balaban J connectivity index is 2.37. The highest BCUT2D eigenvalue weighted by Crippen LogP contribution is 2.34. The SMILES string of the molecule is Cc1ccc(N)c(Nc2ccc(C)c(C(F)(F)F)c2)n1. The van der Waals surface area contributed by atoms with Crippen molar-refractivity contribution in [2.24, 2.45) is 0 Å². The highest BCUT2D eigenvalue weighted by atomic mass is 19.4. The Kier molecular flexibility index (Phi) is 3.57. The van der Waals surface area contributed by atoms with Crippen LogP contribution in [-0.2, 0) is 6.18 Å². The van der Waals surface area contributed by atoms with E-state index in [1.165, 1.54) is 13.0 Å². The van der Waals surface area contributed by atoms with Gasteiger partial charge in [0.05, 0.1) is 11.3 Å². The Morgan fingerprint density at radius 1 is 1.10 bits per heavy atom. The maximum atomic E-state index is 12.8. The van der Waals surface area contributed by atoms with Gasteiger partial charge in [-0.2, -0.15) is 13.2 Å². The second kappa shape index (κ2) is 5.03. The van der Waals surface area contributed by atoms with Gasteiger partial charge in [0.1, 0.15) is 0 Å². The van der Waals surface area contributed by atoms with Crippen molar-refractivity contribution in [1.29, 1.82) is 0 Å². The average Bonchev–Trinajstić information content (AvgIpc) is 2.35. The lowest BCUT2D eigenvalue weighted by atomic mass is 10.1. The maximum absolute atomic E-state index is 12.8. The molecule has 0 radical (unpaired) electrons. The van der Waals surface area contributed by atoms with Crippen molar-refractivity contribution in [2.45, 2.75) is 20.0 Å². The molecule has 2 rings (SSSR count). The minimum absolute atomic E-state index is 0.174. The van der Waals surface area contributed by atoms with Gasteiger partial charge in [0.15, 0.2) is 5.82 Å². The molecule has 0 fully saturated rings. The third-order valence-corrected chi connectivity index (χ3v) is 2.87. The van der Waals surface area contributed by atoms with E-state index in [0.29, 0.717) is 17.2 Å². The zero-order valence-electron chi connectivity index (χ0n) is 11.0. The van der Waals surface area contributed by atoms with Crippen molar-refractivity contribution in [3.63, 3.8) is 0 Å². The van der Waals surface area contributed by atoms with Gasteiger partial charge in [-0.05, 0) is 43.7 Å². The summed E-state index contributed by atoms with van der Waals surface area (Å²) in [6.07, 6.45) is -4.38. The molecule has 2 aromatic rings. The van der Waals surface area contributed by atoms with Crippen LogP contribution in [-0.4, -0.2) is 4.98 Å². The van der Waals surface area contributed by atoms with Crippen molar-refractivity contribution in [3.8, 4) is 0 Å². The van der Waals surface area contributed by atoms with E-state index in [4.69, 9.17) is 5.73 Å². The van der Waals surface area contributed by atoms with Gasteiger partial charge in [-0.1, -0.05) is 6.07 Å². The van der Waals surface area contributed by atoms with E-state index < -0.39 is 11.7 Å². The number of alkyl halides is 3. The van der Waals surface area contributed by atoms with Crippen molar-refractivity contribution >= 4 is 17.2 Å². The van der Waals surface area contributed by atoms with Gasteiger partial charge in [-0.15, -0.1) is 0 Å². The molecule has 0 saturated heterocycles. The summed E-state index contributed by atoms with van der Waals surface area (Å²) in [7, 11) is 0. The predicted octanol–water partition coefficient (Wildman–Crippen LogP) is 4.04. The number of nitrogens with two attached hydrogens (primary N) is 1. The van der Waals surface area contributed by atoms with Gasteiger partial charge in [-0.3, -0.25) is 0 Å². The number of aryl methyl sites for hydroxylation is 2. The van der Waals surface area contributed by atoms with E-state index in [9.17, 15) is 13.2 Å². The topological polar surface area (TPSA) is 50.9 Å². The highest BCUT2D eigenvalue weighted by molar-refractivity contribution is 5.69. The molecule has 3 nitrogen and oxygen atoms in total. The van der Waals surface area contributed by atoms with Crippen LogP contribution in [0.4, 0.5) is 30.4 Å². The summed E-state index contributed by atoms with van der Waals surface area (Å²) in [4.78, 5) is 4.16. The first-order chi connectivity index (χ1) is 9.27. The molecule has 0 atom stereocenters. The summed E-state index contributed by atoms with van der Waals surface area (Å²) in [6.45, 7) is 3.20. The third kappa shape index (κ3) is 3.01. The number of hydrogen-bond donors (Lipinski definition) is 2. The van der Waals surface area contributed by atoms with Gasteiger partial charge < -0.3 is 11.1 Å². The molecule has 0 aliphatic rings. The minimum Gasteiger partial charge on any atom is -0.396 e. The molecule has 0 aliphatic carbocycles. The fourth-order valence-electron chi connectivity index (χ4n) is 1.81. The first kappa shape index (κ1) is 14.2. The normalized spacial score (nSPS) is 11.4. The van der Waals surface area contributed by atoms with Crippen LogP contribution in [0.25, 0.3) is 0 Å². The summed E-state index contributed by atoms with van der Waals surface area (Å²) in [5, 5.41) is 2.82. The monoisotopic (exact) mass is 281 g/mol. The van der Waals surface area contributed by atoms with Gasteiger partial charge in [0, 0.05) is 11.4 Å². The lowest BCUT2D eigenvalue weighted by molar-refractivity contribution is -0.138. The first-order valence-corrected chi connectivity index (χ1v) is 5.95. The molecule has 1 heterocycles. The van der Waals surface area contributed by atoms with Crippen LogP contribution in [0.5, 0.6) is 0 Å². The minimum atomic E-state index is -4.38. The van der Waals surface area contributed by atoms with Crippen molar-refractivity contribution in [2.75, 3.05) is 11.1 Å². The Morgan fingerprint density at radius 2 is 1.80 bits per heavy atom. The summed E-state index contributed by atoms with van der Waals surface area (Å²) in [6, 6.07) is 7.42. The third-order valence-electron chi connectivity index (χ3n) is 2.87. The molecule has 0 amide bonds. The summed E-state index contributed by atoms with van der Waals surface area (Å²) >= 11 is 0. The van der Waals surface area contributed by atoms with E-state index in [0.717, 1.165) is 11.8 Å². The molecule has 0 aliphatic heterocycles. The number of anilines is 3. The number of nitrogens with one attached hydrogen (secondary N) is 1. The van der Waals surface area contributed by atoms with E-state index in [2.05, 4.69) is 10.3 Å². The van der Waals surface area contributed by atoms with Crippen LogP contribution in [0.15, 0.2) is 30.3 Å². The van der Waals surface area contributed by atoms with Crippen molar-refractivity contribution < 1.29 is 13.2 Å². The zero-order valence-corrected chi connectivity index (χ0v) is 11.0. The number of halogens is 3. The average molecular weight is 281 g/mol. The molecule has 6 heteroatoms. The fraction of sp³-hybridized carbons (Fsp3) is 0.214. The molecule has 0 bridgehead atoms. The molecular formula is C14H14F3N3. The first-order valence-electron chi connectivity index (χ1n) is 5.95. The lowest BCUT2D eigenvalue weighted by Gasteiger charge is -2.14. The second-order valence-electron chi connectivity index (χ2n) is 4.54. The number of pyridine rings is 1. The molecule has 1 aromatic heterocycles. The summed E-state index contributed by atoms with van der Waals surface area (Å²) in [5.74, 6) is 0.349. The quantitative estimate of drug-likeness (QED) is 0.873. The number of aromatic nitrogens is 1. The van der Waals surface area contributed by atoms with Crippen LogP contribution in [0.1, 0.15) is 16.8 Å². The fourth-order valence-corrected chi connectivity index (χ4v) is 1.81. The number of nitrogen functional groups attached to an aromatic ring is 1. The second-order valence-corrected chi connectivity index (χ2v) is 4.54. The Labute approximate surface area is 114 Å².